The molecule has 0 fully saturated rings. The molecule has 0 saturated heterocycles. The summed E-state index contributed by atoms with van der Waals surface area (Å²) in [4.78, 5) is 0. The summed E-state index contributed by atoms with van der Waals surface area (Å²) in [6, 6.07) is 0. The Morgan fingerprint density at radius 1 is 1.60 bits per heavy atom. The standard InChI is InChI=1S/C10H14/c1-4-9-6-5-7-10(2,3)8-9/h1,8H,5-7H2,2-3H3. The van der Waals surface area contributed by atoms with Crippen LogP contribution in [0.1, 0.15) is 33.1 Å². The highest BCUT2D eigenvalue weighted by molar-refractivity contribution is 5.28. The van der Waals surface area contributed by atoms with Gasteiger partial charge < -0.3 is 0 Å². The maximum absolute atomic E-state index is 5.31. The monoisotopic (exact) mass is 134 g/mol. The molecule has 0 unspecified atom stereocenters. The topological polar surface area (TPSA) is 0 Å². The van der Waals surface area contributed by atoms with Crippen molar-refractivity contribution >= 4 is 0 Å². The molecule has 54 valence electrons. The first-order valence-corrected chi connectivity index (χ1v) is 3.82. The summed E-state index contributed by atoms with van der Waals surface area (Å²) in [5.74, 6) is 2.72. The van der Waals surface area contributed by atoms with Crippen LogP contribution in [-0.4, -0.2) is 0 Å². The number of rotatable bonds is 0. The molecule has 0 nitrogen and oxygen atoms in total. The third-order valence-electron chi connectivity index (χ3n) is 2.02. The molecule has 10 heavy (non-hydrogen) atoms. The lowest BCUT2D eigenvalue weighted by atomic mass is 9.80. The highest BCUT2D eigenvalue weighted by Gasteiger charge is 2.18. The van der Waals surface area contributed by atoms with E-state index in [0.717, 1.165) is 6.42 Å². The zero-order chi connectivity index (χ0) is 7.61. The molecule has 0 heterocycles. The molecule has 0 spiro atoms. The molecule has 0 atom stereocenters. The summed E-state index contributed by atoms with van der Waals surface area (Å²) in [5, 5.41) is 0. The highest BCUT2D eigenvalue weighted by Crippen LogP contribution is 2.32. The van der Waals surface area contributed by atoms with Crippen LogP contribution in [0, 0.1) is 17.8 Å². The Morgan fingerprint density at radius 2 is 2.30 bits per heavy atom. The van der Waals surface area contributed by atoms with Crippen molar-refractivity contribution in [3.8, 4) is 12.3 Å². The average Bonchev–Trinajstić information content (AvgIpc) is 1.86. The lowest BCUT2D eigenvalue weighted by Gasteiger charge is -2.25. The van der Waals surface area contributed by atoms with Crippen LogP contribution in [0.2, 0.25) is 0 Å². The lowest BCUT2D eigenvalue weighted by Crippen LogP contribution is -2.12. The summed E-state index contributed by atoms with van der Waals surface area (Å²) < 4.78 is 0. The largest absolute Gasteiger partial charge is 0.115 e. The Labute approximate surface area is 63.3 Å². The van der Waals surface area contributed by atoms with Gasteiger partial charge >= 0.3 is 0 Å². The van der Waals surface area contributed by atoms with Gasteiger partial charge in [0.2, 0.25) is 0 Å². The van der Waals surface area contributed by atoms with Crippen molar-refractivity contribution < 1.29 is 0 Å². The Kier molecular flexibility index (Phi) is 1.85. The van der Waals surface area contributed by atoms with Crippen molar-refractivity contribution in [2.45, 2.75) is 33.1 Å². The molecule has 0 bridgehead atoms. The first-order valence-electron chi connectivity index (χ1n) is 3.82. The SMILES string of the molecule is C#CC1=CC(C)(C)CCC1. The van der Waals surface area contributed by atoms with Gasteiger partial charge in [-0.1, -0.05) is 25.8 Å². The van der Waals surface area contributed by atoms with Gasteiger partial charge in [-0.05, 0) is 30.3 Å². The van der Waals surface area contributed by atoms with E-state index in [-0.39, 0.29) is 0 Å². The van der Waals surface area contributed by atoms with E-state index < -0.39 is 0 Å². The normalized spacial score (nSPS) is 23.1. The number of hydrogen-bond acceptors (Lipinski definition) is 0. The van der Waals surface area contributed by atoms with Gasteiger partial charge in [0.25, 0.3) is 0 Å². The Morgan fingerprint density at radius 3 is 2.70 bits per heavy atom. The number of allylic oxidation sites excluding steroid dienone is 2. The summed E-state index contributed by atoms with van der Waals surface area (Å²) >= 11 is 0. The first-order chi connectivity index (χ1) is 4.64. The van der Waals surface area contributed by atoms with E-state index in [9.17, 15) is 0 Å². The van der Waals surface area contributed by atoms with Crippen LogP contribution in [0.4, 0.5) is 0 Å². The number of hydrogen-bond donors (Lipinski definition) is 0. The second kappa shape index (κ2) is 2.50. The molecular formula is C10H14. The van der Waals surface area contributed by atoms with E-state index in [0.29, 0.717) is 5.41 Å². The van der Waals surface area contributed by atoms with Gasteiger partial charge in [-0.3, -0.25) is 0 Å². The molecule has 0 amide bonds. The van der Waals surface area contributed by atoms with Crippen LogP contribution in [-0.2, 0) is 0 Å². The van der Waals surface area contributed by atoms with Crippen molar-refractivity contribution in [2.24, 2.45) is 5.41 Å². The maximum atomic E-state index is 5.31. The van der Waals surface area contributed by atoms with E-state index >= 15 is 0 Å². The van der Waals surface area contributed by atoms with Gasteiger partial charge in [0.15, 0.2) is 0 Å². The molecule has 0 aromatic heterocycles. The predicted molar refractivity (Wildman–Crippen MR) is 44.5 cm³/mol. The van der Waals surface area contributed by atoms with Crippen molar-refractivity contribution in [1.29, 1.82) is 0 Å². The minimum Gasteiger partial charge on any atom is -0.115 e. The smallest absolute Gasteiger partial charge is 0.00169 e. The molecule has 1 rings (SSSR count). The lowest BCUT2D eigenvalue weighted by molar-refractivity contribution is 0.401. The van der Waals surface area contributed by atoms with Crippen molar-refractivity contribution in [3.05, 3.63) is 11.6 Å². The minimum absolute atomic E-state index is 0.347. The molecule has 0 heteroatoms. The van der Waals surface area contributed by atoms with Crippen LogP contribution in [0.5, 0.6) is 0 Å². The van der Waals surface area contributed by atoms with Crippen molar-refractivity contribution in [1.82, 2.24) is 0 Å². The molecular weight excluding hydrogens is 120 g/mol. The average molecular weight is 134 g/mol. The maximum Gasteiger partial charge on any atom is -0.00169 e. The fourth-order valence-corrected chi connectivity index (χ4v) is 1.46. The van der Waals surface area contributed by atoms with E-state index in [1.54, 1.807) is 0 Å². The third-order valence-corrected chi connectivity index (χ3v) is 2.02. The van der Waals surface area contributed by atoms with Crippen LogP contribution >= 0.6 is 0 Å². The molecule has 1 aliphatic carbocycles. The molecule has 0 radical (unpaired) electrons. The second-order valence-corrected chi connectivity index (χ2v) is 3.66. The summed E-state index contributed by atoms with van der Waals surface area (Å²) in [6.07, 6.45) is 11.2. The van der Waals surface area contributed by atoms with Gasteiger partial charge in [-0.2, -0.15) is 0 Å². The Balaban J connectivity index is 2.78. The molecule has 0 aromatic rings. The Bertz CT molecular complexity index is 189. The van der Waals surface area contributed by atoms with Gasteiger partial charge in [-0.15, -0.1) is 6.42 Å². The van der Waals surface area contributed by atoms with E-state index in [4.69, 9.17) is 6.42 Å². The van der Waals surface area contributed by atoms with Crippen LogP contribution in [0.3, 0.4) is 0 Å². The summed E-state index contributed by atoms with van der Waals surface area (Å²) in [7, 11) is 0. The molecule has 0 N–H and O–H groups in total. The highest BCUT2D eigenvalue weighted by atomic mass is 14.2. The molecule has 0 aliphatic heterocycles. The predicted octanol–water partition coefficient (Wildman–Crippen LogP) is 2.76. The minimum atomic E-state index is 0.347. The molecule has 0 saturated carbocycles. The summed E-state index contributed by atoms with van der Waals surface area (Å²) in [6.45, 7) is 4.48. The molecule has 1 aliphatic rings. The van der Waals surface area contributed by atoms with Gasteiger partial charge in [-0.25, -0.2) is 0 Å². The van der Waals surface area contributed by atoms with E-state index in [1.165, 1.54) is 18.4 Å². The van der Waals surface area contributed by atoms with Gasteiger partial charge in [0, 0.05) is 0 Å². The quantitative estimate of drug-likeness (QED) is 0.447. The summed E-state index contributed by atoms with van der Waals surface area (Å²) in [5.41, 5.74) is 1.54. The fraction of sp³-hybridized carbons (Fsp3) is 0.600. The zero-order valence-corrected chi connectivity index (χ0v) is 6.78. The van der Waals surface area contributed by atoms with Crippen LogP contribution in [0.25, 0.3) is 0 Å². The zero-order valence-electron chi connectivity index (χ0n) is 6.78. The third kappa shape index (κ3) is 1.64. The fourth-order valence-electron chi connectivity index (χ4n) is 1.46. The van der Waals surface area contributed by atoms with E-state index in [2.05, 4.69) is 25.8 Å². The van der Waals surface area contributed by atoms with Crippen molar-refractivity contribution in [3.63, 3.8) is 0 Å². The van der Waals surface area contributed by atoms with Crippen molar-refractivity contribution in [2.75, 3.05) is 0 Å². The van der Waals surface area contributed by atoms with Crippen LogP contribution < -0.4 is 0 Å². The van der Waals surface area contributed by atoms with E-state index in [1.807, 2.05) is 0 Å². The number of terminal acetylenes is 1. The molecule has 0 aromatic carbocycles. The van der Waals surface area contributed by atoms with Gasteiger partial charge in [0.05, 0.1) is 0 Å². The van der Waals surface area contributed by atoms with Crippen LogP contribution in [0.15, 0.2) is 11.6 Å². The van der Waals surface area contributed by atoms with Gasteiger partial charge in [0.1, 0.15) is 0 Å². The first kappa shape index (κ1) is 7.41. The second-order valence-electron chi connectivity index (χ2n) is 3.66. The Hall–Kier alpha value is -0.700.